The molecule has 0 radical (unpaired) electrons. The monoisotopic (exact) mass is 409 g/mol. The predicted octanol–water partition coefficient (Wildman–Crippen LogP) is 5.64. The molecule has 0 saturated carbocycles. The first-order valence-electron chi connectivity index (χ1n) is 9.77. The van der Waals surface area contributed by atoms with E-state index >= 15 is 0 Å². The minimum Gasteiger partial charge on any atom is -0.497 e. The van der Waals surface area contributed by atoms with Gasteiger partial charge in [-0.2, -0.15) is 0 Å². The number of hydrogen-bond donors (Lipinski definition) is 0. The number of hydrogen-bond acceptors (Lipinski definition) is 6. The van der Waals surface area contributed by atoms with Crippen LogP contribution in [0.15, 0.2) is 83.3 Å². The molecule has 3 aromatic carbocycles. The van der Waals surface area contributed by atoms with Crippen LogP contribution < -0.4 is 9.47 Å². The van der Waals surface area contributed by atoms with Gasteiger partial charge in [0.05, 0.1) is 31.0 Å². The first kappa shape index (κ1) is 18.8. The van der Waals surface area contributed by atoms with Gasteiger partial charge >= 0.3 is 0 Å². The Bertz CT molecular complexity index is 1340. The first-order valence-corrected chi connectivity index (χ1v) is 9.77. The maximum Gasteiger partial charge on any atom is 0.248 e. The van der Waals surface area contributed by atoms with E-state index in [1.807, 2.05) is 78.9 Å². The quantitative estimate of drug-likeness (QED) is 0.374. The number of nitrogens with zero attached hydrogens (tertiary/aromatic N) is 3. The van der Waals surface area contributed by atoms with Gasteiger partial charge in [0.15, 0.2) is 0 Å². The highest BCUT2D eigenvalue weighted by Gasteiger charge is 2.16. The Morgan fingerprint density at radius 1 is 0.677 bits per heavy atom. The van der Waals surface area contributed by atoms with Gasteiger partial charge in [0.2, 0.25) is 11.8 Å². The molecule has 2 heterocycles. The molecule has 0 N–H and O–H groups in total. The van der Waals surface area contributed by atoms with Gasteiger partial charge in [-0.1, -0.05) is 18.2 Å². The van der Waals surface area contributed by atoms with Gasteiger partial charge in [-0.3, -0.25) is 0 Å². The second-order valence-corrected chi connectivity index (χ2v) is 6.94. The molecular weight excluding hydrogens is 390 g/mol. The van der Waals surface area contributed by atoms with Crippen molar-refractivity contribution in [3.63, 3.8) is 0 Å². The normalized spacial score (nSPS) is 10.9. The number of pyridine rings is 1. The molecular formula is C25H19N3O3. The van der Waals surface area contributed by atoms with Gasteiger partial charge in [-0.15, -0.1) is 10.2 Å². The third-order valence-corrected chi connectivity index (χ3v) is 5.09. The predicted molar refractivity (Wildman–Crippen MR) is 119 cm³/mol. The van der Waals surface area contributed by atoms with Crippen LogP contribution in [0.25, 0.3) is 45.1 Å². The van der Waals surface area contributed by atoms with Crippen molar-refractivity contribution in [3.05, 3.63) is 78.9 Å². The minimum atomic E-state index is 0.444. The molecule has 0 unspecified atom stereocenters. The van der Waals surface area contributed by atoms with Crippen LogP contribution in [0.1, 0.15) is 0 Å². The van der Waals surface area contributed by atoms with Gasteiger partial charge in [0, 0.05) is 16.5 Å². The van der Waals surface area contributed by atoms with Crippen molar-refractivity contribution in [2.24, 2.45) is 0 Å². The summed E-state index contributed by atoms with van der Waals surface area (Å²) in [6, 6.07) is 25.2. The summed E-state index contributed by atoms with van der Waals surface area (Å²) in [6.07, 6.45) is 0. The van der Waals surface area contributed by atoms with E-state index in [1.54, 1.807) is 14.2 Å². The molecule has 0 aliphatic rings. The summed E-state index contributed by atoms with van der Waals surface area (Å²) in [5, 5.41) is 9.53. The van der Waals surface area contributed by atoms with Crippen LogP contribution in [0.4, 0.5) is 0 Å². The van der Waals surface area contributed by atoms with Gasteiger partial charge in [0.25, 0.3) is 0 Å². The summed E-state index contributed by atoms with van der Waals surface area (Å²) >= 11 is 0. The molecule has 0 aliphatic carbocycles. The summed E-state index contributed by atoms with van der Waals surface area (Å²) < 4.78 is 16.5. The van der Waals surface area contributed by atoms with Gasteiger partial charge in [0.1, 0.15) is 11.5 Å². The number of ether oxygens (including phenoxy) is 2. The van der Waals surface area contributed by atoms with E-state index < -0.39 is 0 Å². The Hall–Kier alpha value is -4.19. The van der Waals surface area contributed by atoms with E-state index in [9.17, 15) is 0 Å². The van der Waals surface area contributed by atoms with Crippen molar-refractivity contribution < 1.29 is 13.9 Å². The van der Waals surface area contributed by atoms with Gasteiger partial charge in [-0.05, 0) is 60.7 Å². The lowest BCUT2D eigenvalue weighted by atomic mass is 10.0. The second kappa shape index (κ2) is 7.91. The average Bonchev–Trinajstić information content (AvgIpc) is 3.33. The zero-order valence-electron chi connectivity index (χ0n) is 17.1. The lowest BCUT2D eigenvalue weighted by molar-refractivity contribution is 0.414. The topological polar surface area (TPSA) is 70.3 Å². The number of fused-ring (bicyclic) bond motifs is 1. The lowest BCUT2D eigenvalue weighted by Gasteiger charge is -2.08. The van der Waals surface area contributed by atoms with Crippen molar-refractivity contribution in [2.45, 2.75) is 0 Å². The molecule has 0 saturated heterocycles. The van der Waals surface area contributed by atoms with Crippen LogP contribution in [-0.2, 0) is 0 Å². The van der Waals surface area contributed by atoms with Crippen molar-refractivity contribution in [2.75, 3.05) is 14.2 Å². The highest BCUT2D eigenvalue weighted by molar-refractivity contribution is 5.94. The second-order valence-electron chi connectivity index (χ2n) is 6.94. The molecule has 0 fully saturated rings. The SMILES string of the molecule is COc1ccc(-c2cc(-c3nnc(-c4ccc(OC)cc4)o3)c3ccccc3n2)cc1. The standard InChI is InChI=1S/C25H19N3O3/c1-29-18-11-7-16(8-12-18)23-15-21(20-5-3-4-6-22(20)26-23)25-28-27-24(31-25)17-9-13-19(30-2)14-10-17/h3-15H,1-2H3. The fraction of sp³-hybridized carbons (Fsp3) is 0.0800. The molecule has 6 nitrogen and oxygen atoms in total. The summed E-state index contributed by atoms with van der Waals surface area (Å²) in [5.74, 6) is 2.46. The number of benzene rings is 3. The number of aromatic nitrogens is 3. The third kappa shape index (κ3) is 3.59. The Kier molecular flexibility index (Phi) is 4.80. The van der Waals surface area contributed by atoms with E-state index in [0.717, 1.165) is 44.8 Å². The zero-order valence-corrected chi connectivity index (χ0v) is 17.1. The highest BCUT2D eigenvalue weighted by atomic mass is 16.5. The number of para-hydroxylation sites is 1. The van der Waals surface area contributed by atoms with Crippen LogP contribution >= 0.6 is 0 Å². The third-order valence-electron chi connectivity index (χ3n) is 5.09. The van der Waals surface area contributed by atoms with Gasteiger partial charge < -0.3 is 13.9 Å². The zero-order chi connectivity index (χ0) is 21.2. The van der Waals surface area contributed by atoms with Gasteiger partial charge in [-0.25, -0.2) is 4.98 Å². The number of methoxy groups -OCH3 is 2. The fourth-order valence-electron chi connectivity index (χ4n) is 3.44. The molecule has 0 aliphatic heterocycles. The molecule has 152 valence electrons. The molecule has 6 heteroatoms. The average molecular weight is 409 g/mol. The largest absolute Gasteiger partial charge is 0.497 e. The molecule has 0 amide bonds. The van der Waals surface area contributed by atoms with Crippen molar-refractivity contribution >= 4 is 10.9 Å². The molecule has 0 spiro atoms. The number of rotatable bonds is 5. The van der Waals surface area contributed by atoms with Crippen LogP contribution in [0, 0.1) is 0 Å². The van der Waals surface area contributed by atoms with Crippen LogP contribution in [0.5, 0.6) is 11.5 Å². The van der Waals surface area contributed by atoms with E-state index in [4.69, 9.17) is 18.9 Å². The lowest BCUT2D eigenvalue weighted by Crippen LogP contribution is -1.90. The minimum absolute atomic E-state index is 0.444. The summed E-state index contributed by atoms with van der Waals surface area (Å²) in [7, 11) is 3.28. The highest BCUT2D eigenvalue weighted by Crippen LogP contribution is 2.33. The fourth-order valence-corrected chi connectivity index (χ4v) is 3.44. The molecule has 0 bridgehead atoms. The molecule has 5 rings (SSSR count). The first-order chi connectivity index (χ1) is 15.2. The van der Waals surface area contributed by atoms with Crippen LogP contribution in [-0.4, -0.2) is 29.4 Å². The molecule has 31 heavy (non-hydrogen) atoms. The van der Waals surface area contributed by atoms with E-state index in [-0.39, 0.29) is 0 Å². The smallest absolute Gasteiger partial charge is 0.248 e. The van der Waals surface area contributed by atoms with Crippen molar-refractivity contribution in [3.8, 4) is 45.7 Å². The van der Waals surface area contributed by atoms with Crippen molar-refractivity contribution in [1.29, 1.82) is 0 Å². The Labute approximate surface area is 179 Å². The van der Waals surface area contributed by atoms with Crippen molar-refractivity contribution in [1.82, 2.24) is 15.2 Å². The molecule has 2 aromatic heterocycles. The molecule has 0 atom stereocenters. The Balaban J connectivity index is 1.61. The van der Waals surface area contributed by atoms with E-state index in [0.29, 0.717) is 11.8 Å². The summed E-state index contributed by atoms with van der Waals surface area (Å²) in [5.41, 5.74) is 4.32. The summed E-state index contributed by atoms with van der Waals surface area (Å²) in [4.78, 5) is 4.83. The van der Waals surface area contributed by atoms with E-state index in [2.05, 4.69) is 10.2 Å². The maximum atomic E-state index is 6.05. The maximum absolute atomic E-state index is 6.05. The van der Waals surface area contributed by atoms with Crippen LogP contribution in [0.2, 0.25) is 0 Å². The summed E-state index contributed by atoms with van der Waals surface area (Å²) in [6.45, 7) is 0. The van der Waals surface area contributed by atoms with Crippen LogP contribution in [0.3, 0.4) is 0 Å². The molecule has 5 aromatic rings. The Morgan fingerprint density at radius 3 is 1.97 bits per heavy atom. The van der Waals surface area contributed by atoms with E-state index in [1.165, 1.54) is 0 Å². The Morgan fingerprint density at radius 2 is 1.29 bits per heavy atom.